The minimum atomic E-state index is 0.336. The number of hydrogen-bond donors (Lipinski definition) is 1. The van der Waals surface area contributed by atoms with Gasteiger partial charge < -0.3 is 14.8 Å². The number of ether oxygens (including phenoxy) is 2. The summed E-state index contributed by atoms with van der Waals surface area (Å²) in [5, 5.41) is 3.71. The van der Waals surface area contributed by atoms with Crippen LogP contribution in [0.5, 0.6) is 11.5 Å². The van der Waals surface area contributed by atoms with E-state index in [-0.39, 0.29) is 0 Å². The van der Waals surface area contributed by atoms with E-state index in [2.05, 4.69) is 38.2 Å². The van der Waals surface area contributed by atoms with Crippen molar-refractivity contribution in [2.75, 3.05) is 13.2 Å². The van der Waals surface area contributed by atoms with Gasteiger partial charge in [-0.2, -0.15) is 0 Å². The standard InChI is InChI=1S/C16H23NO2/c1-11(17-12(2)16(3)6-7-16)13-4-5-14-15(10-13)19-9-8-18-14/h4-5,10-12,17H,6-9H2,1-3H3. The Morgan fingerprint density at radius 3 is 2.47 bits per heavy atom. The first-order valence-corrected chi connectivity index (χ1v) is 7.24. The summed E-state index contributed by atoms with van der Waals surface area (Å²) in [5.74, 6) is 1.74. The van der Waals surface area contributed by atoms with E-state index in [0.717, 1.165) is 11.5 Å². The molecule has 1 aromatic carbocycles. The van der Waals surface area contributed by atoms with Gasteiger partial charge in [0, 0.05) is 12.1 Å². The van der Waals surface area contributed by atoms with Crippen LogP contribution in [0.25, 0.3) is 0 Å². The first kappa shape index (κ1) is 12.8. The fourth-order valence-corrected chi connectivity index (χ4v) is 2.63. The molecule has 0 radical (unpaired) electrons. The van der Waals surface area contributed by atoms with Crippen LogP contribution in [0.15, 0.2) is 18.2 Å². The van der Waals surface area contributed by atoms with Crippen molar-refractivity contribution in [3.8, 4) is 11.5 Å². The van der Waals surface area contributed by atoms with Crippen LogP contribution in [-0.4, -0.2) is 19.3 Å². The molecule has 1 aliphatic heterocycles. The third-order valence-corrected chi connectivity index (χ3v) is 4.65. The van der Waals surface area contributed by atoms with Gasteiger partial charge in [-0.05, 0) is 49.8 Å². The molecular weight excluding hydrogens is 238 g/mol. The van der Waals surface area contributed by atoms with Gasteiger partial charge in [0.25, 0.3) is 0 Å². The third kappa shape index (κ3) is 2.57. The van der Waals surface area contributed by atoms with Crippen LogP contribution >= 0.6 is 0 Å². The highest BCUT2D eigenvalue weighted by molar-refractivity contribution is 5.44. The third-order valence-electron chi connectivity index (χ3n) is 4.65. The monoisotopic (exact) mass is 261 g/mol. The molecule has 1 saturated carbocycles. The van der Waals surface area contributed by atoms with E-state index in [0.29, 0.717) is 30.7 Å². The number of nitrogens with one attached hydrogen (secondary N) is 1. The number of fused-ring (bicyclic) bond motifs is 1. The maximum atomic E-state index is 5.65. The molecule has 3 heteroatoms. The van der Waals surface area contributed by atoms with Crippen molar-refractivity contribution >= 4 is 0 Å². The molecule has 1 aromatic rings. The van der Waals surface area contributed by atoms with E-state index in [4.69, 9.17) is 9.47 Å². The zero-order valence-electron chi connectivity index (χ0n) is 12.0. The Balaban J connectivity index is 1.70. The van der Waals surface area contributed by atoms with Crippen molar-refractivity contribution < 1.29 is 9.47 Å². The fraction of sp³-hybridized carbons (Fsp3) is 0.625. The number of hydrogen-bond acceptors (Lipinski definition) is 3. The van der Waals surface area contributed by atoms with Gasteiger partial charge >= 0.3 is 0 Å². The van der Waals surface area contributed by atoms with Crippen molar-refractivity contribution in [2.24, 2.45) is 5.41 Å². The Kier molecular flexibility index (Phi) is 3.17. The molecule has 0 spiro atoms. The van der Waals surface area contributed by atoms with Crippen LogP contribution in [0, 0.1) is 5.41 Å². The Bertz CT molecular complexity index is 468. The van der Waals surface area contributed by atoms with Crippen LogP contribution in [-0.2, 0) is 0 Å². The lowest BCUT2D eigenvalue weighted by Gasteiger charge is -2.26. The van der Waals surface area contributed by atoms with E-state index < -0.39 is 0 Å². The van der Waals surface area contributed by atoms with Crippen molar-refractivity contribution in [1.82, 2.24) is 5.32 Å². The average molecular weight is 261 g/mol. The molecule has 1 heterocycles. The van der Waals surface area contributed by atoms with Gasteiger partial charge in [-0.15, -0.1) is 0 Å². The summed E-state index contributed by atoms with van der Waals surface area (Å²) in [7, 11) is 0. The zero-order valence-corrected chi connectivity index (χ0v) is 12.0. The van der Waals surface area contributed by atoms with Gasteiger partial charge in [0.2, 0.25) is 0 Å². The van der Waals surface area contributed by atoms with Gasteiger partial charge in [0.15, 0.2) is 11.5 Å². The summed E-state index contributed by atoms with van der Waals surface area (Å²) >= 11 is 0. The first-order chi connectivity index (χ1) is 9.08. The lowest BCUT2D eigenvalue weighted by molar-refractivity contribution is 0.171. The molecular formula is C16H23NO2. The predicted octanol–water partition coefficient (Wildman–Crippen LogP) is 3.30. The molecule has 2 atom stereocenters. The molecule has 0 bridgehead atoms. The molecule has 0 amide bonds. The summed E-state index contributed by atoms with van der Waals surface area (Å²) < 4.78 is 11.2. The predicted molar refractivity (Wildman–Crippen MR) is 75.8 cm³/mol. The topological polar surface area (TPSA) is 30.5 Å². The molecule has 3 rings (SSSR count). The smallest absolute Gasteiger partial charge is 0.161 e. The molecule has 3 nitrogen and oxygen atoms in total. The first-order valence-electron chi connectivity index (χ1n) is 7.24. The number of benzene rings is 1. The van der Waals surface area contributed by atoms with Gasteiger partial charge in [0.05, 0.1) is 0 Å². The maximum absolute atomic E-state index is 5.65. The second-order valence-corrected chi connectivity index (χ2v) is 6.17. The Labute approximate surface area is 115 Å². The second-order valence-electron chi connectivity index (χ2n) is 6.17. The molecule has 0 saturated heterocycles. The lowest BCUT2D eigenvalue weighted by Crippen LogP contribution is -2.35. The molecule has 0 aromatic heterocycles. The average Bonchev–Trinajstić information content (AvgIpc) is 3.17. The van der Waals surface area contributed by atoms with Gasteiger partial charge in [-0.3, -0.25) is 0 Å². The van der Waals surface area contributed by atoms with E-state index in [1.165, 1.54) is 18.4 Å². The van der Waals surface area contributed by atoms with Crippen molar-refractivity contribution in [2.45, 2.75) is 45.7 Å². The maximum Gasteiger partial charge on any atom is 0.161 e. The van der Waals surface area contributed by atoms with Crippen LogP contribution in [0.1, 0.15) is 45.2 Å². The largest absolute Gasteiger partial charge is 0.486 e. The van der Waals surface area contributed by atoms with E-state index in [9.17, 15) is 0 Å². The Morgan fingerprint density at radius 1 is 1.11 bits per heavy atom. The van der Waals surface area contributed by atoms with E-state index in [1.807, 2.05) is 6.07 Å². The Hall–Kier alpha value is -1.22. The molecule has 2 aliphatic rings. The van der Waals surface area contributed by atoms with Crippen molar-refractivity contribution in [1.29, 1.82) is 0 Å². The van der Waals surface area contributed by atoms with Crippen LogP contribution < -0.4 is 14.8 Å². The molecule has 2 unspecified atom stereocenters. The van der Waals surface area contributed by atoms with Crippen LogP contribution in [0.4, 0.5) is 0 Å². The highest BCUT2D eigenvalue weighted by Gasteiger charge is 2.42. The SMILES string of the molecule is CC(NC(C)C1(C)CC1)c1ccc2c(c1)OCCO2. The second kappa shape index (κ2) is 4.71. The summed E-state index contributed by atoms with van der Waals surface area (Å²) in [6.07, 6.45) is 2.68. The van der Waals surface area contributed by atoms with Crippen LogP contribution in [0.3, 0.4) is 0 Å². The van der Waals surface area contributed by atoms with Gasteiger partial charge in [0.1, 0.15) is 13.2 Å². The minimum Gasteiger partial charge on any atom is -0.486 e. The highest BCUT2D eigenvalue weighted by Crippen LogP contribution is 2.48. The van der Waals surface area contributed by atoms with Crippen molar-refractivity contribution in [3.63, 3.8) is 0 Å². The fourth-order valence-electron chi connectivity index (χ4n) is 2.63. The normalized spacial score (nSPS) is 22.7. The van der Waals surface area contributed by atoms with Crippen LogP contribution in [0.2, 0.25) is 0 Å². The van der Waals surface area contributed by atoms with Gasteiger partial charge in [-0.25, -0.2) is 0 Å². The van der Waals surface area contributed by atoms with Gasteiger partial charge in [-0.1, -0.05) is 13.0 Å². The highest BCUT2D eigenvalue weighted by atomic mass is 16.6. The molecule has 1 N–H and O–H groups in total. The molecule has 19 heavy (non-hydrogen) atoms. The summed E-state index contributed by atoms with van der Waals surface area (Å²) in [6.45, 7) is 8.17. The summed E-state index contributed by atoms with van der Waals surface area (Å²) in [6, 6.07) is 7.14. The lowest BCUT2D eigenvalue weighted by atomic mass is 9.98. The summed E-state index contributed by atoms with van der Waals surface area (Å²) in [5.41, 5.74) is 1.77. The van der Waals surface area contributed by atoms with E-state index in [1.54, 1.807) is 0 Å². The summed E-state index contributed by atoms with van der Waals surface area (Å²) in [4.78, 5) is 0. The zero-order chi connectivity index (χ0) is 13.5. The quantitative estimate of drug-likeness (QED) is 0.902. The Morgan fingerprint density at radius 2 is 1.79 bits per heavy atom. The van der Waals surface area contributed by atoms with E-state index >= 15 is 0 Å². The molecule has 1 fully saturated rings. The molecule has 1 aliphatic carbocycles. The molecule has 104 valence electrons. The number of rotatable bonds is 4. The van der Waals surface area contributed by atoms with Crippen molar-refractivity contribution in [3.05, 3.63) is 23.8 Å². The minimum absolute atomic E-state index is 0.336.